The van der Waals surface area contributed by atoms with E-state index >= 15 is 0 Å². The van der Waals surface area contributed by atoms with E-state index in [-0.39, 0.29) is 18.0 Å². The number of hydrogen-bond acceptors (Lipinski definition) is 2. The molecule has 2 aromatic carbocycles. The van der Waals surface area contributed by atoms with Crippen molar-refractivity contribution in [3.05, 3.63) is 71.8 Å². The molecule has 21 heavy (non-hydrogen) atoms. The smallest absolute Gasteiger partial charge is 0.195 e. The molecule has 1 atom stereocenters. The first-order chi connectivity index (χ1) is 10.1. The van der Waals surface area contributed by atoms with Gasteiger partial charge in [0, 0.05) is 0 Å². The average Bonchev–Trinajstić information content (AvgIpc) is 2.48. The van der Waals surface area contributed by atoms with Crippen LogP contribution in [-0.2, 0) is 6.42 Å². The Hall–Kier alpha value is -2.82. The van der Waals surface area contributed by atoms with E-state index < -0.39 is 0 Å². The standard InChI is InChI=1S/C16H19N5/c17-15(18)21(16(19)20)14(13-9-5-2-6-10-13)11-12-7-3-1-4-8-12/h1-10,14H,11H2,(H3,17,18)(H3,19,20). The molecule has 0 fully saturated rings. The van der Waals surface area contributed by atoms with Crippen LogP contribution in [0.5, 0.6) is 0 Å². The minimum absolute atomic E-state index is 0.229. The Morgan fingerprint density at radius 1 is 0.857 bits per heavy atom. The van der Waals surface area contributed by atoms with E-state index in [1.165, 1.54) is 4.90 Å². The molecule has 0 aromatic heterocycles. The monoisotopic (exact) mass is 281 g/mol. The number of hydrogen-bond donors (Lipinski definition) is 4. The van der Waals surface area contributed by atoms with Crippen LogP contribution in [0.4, 0.5) is 0 Å². The van der Waals surface area contributed by atoms with Gasteiger partial charge in [-0.3, -0.25) is 15.7 Å². The zero-order valence-electron chi connectivity index (χ0n) is 11.7. The highest BCUT2D eigenvalue weighted by molar-refractivity contribution is 5.94. The lowest BCUT2D eigenvalue weighted by Gasteiger charge is -2.31. The molecule has 0 bridgehead atoms. The first-order valence-corrected chi connectivity index (χ1v) is 6.65. The number of rotatable bonds is 4. The van der Waals surface area contributed by atoms with Gasteiger partial charge in [0.25, 0.3) is 0 Å². The molecule has 0 saturated carbocycles. The summed E-state index contributed by atoms with van der Waals surface area (Å²) < 4.78 is 0. The Balaban J connectivity index is 2.39. The molecule has 0 radical (unpaired) electrons. The molecule has 0 aliphatic carbocycles. The number of guanidine groups is 2. The lowest BCUT2D eigenvalue weighted by molar-refractivity contribution is 0.433. The normalized spacial score (nSPS) is 11.6. The molecular formula is C16H19N5. The van der Waals surface area contributed by atoms with Crippen molar-refractivity contribution in [2.75, 3.05) is 0 Å². The molecule has 5 nitrogen and oxygen atoms in total. The van der Waals surface area contributed by atoms with E-state index in [0.29, 0.717) is 6.42 Å². The van der Waals surface area contributed by atoms with Crippen molar-refractivity contribution < 1.29 is 0 Å². The van der Waals surface area contributed by atoms with Crippen molar-refractivity contribution in [1.29, 1.82) is 10.8 Å². The van der Waals surface area contributed by atoms with Gasteiger partial charge in [-0.25, -0.2) is 0 Å². The highest BCUT2D eigenvalue weighted by Crippen LogP contribution is 2.24. The minimum Gasteiger partial charge on any atom is -0.370 e. The van der Waals surface area contributed by atoms with E-state index in [4.69, 9.17) is 22.3 Å². The number of nitrogens with two attached hydrogens (primary N) is 2. The van der Waals surface area contributed by atoms with E-state index in [0.717, 1.165) is 11.1 Å². The van der Waals surface area contributed by atoms with E-state index in [1.807, 2.05) is 60.7 Å². The van der Waals surface area contributed by atoms with Crippen LogP contribution in [0.1, 0.15) is 17.2 Å². The van der Waals surface area contributed by atoms with Gasteiger partial charge in [-0.05, 0) is 17.5 Å². The van der Waals surface area contributed by atoms with Crippen LogP contribution in [0, 0.1) is 10.8 Å². The summed E-state index contributed by atoms with van der Waals surface area (Å²) in [5.41, 5.74) is 13.3. The van der Waals surface area contributed by atoms with Gasteiger partial charge in [0.1, 0.15) is 0 Å². The van der Waals surface area contributed by atoms with Gasteiger partial charge in [0.2, 0.25) is 0 Å². The number of benzene rings is 2. The van der Waals surface area contributed by atoms with Gasteiger partial charge in [-0.2, -0.15) is 0 Å². The highest BCUT2D eigenvalue weighted by atomic mass is 15.3. The van der Waals surface area contributed by atoms with E-state index in [2.05, 4.69) is 0 Å². The maximum absolute atomic E-state index is 7.71. The van der Waals surface area contributed by atoms with Crippen molar-refractivity contribution in [3.8, 4) is 0 Å². The van der Waals surface area contributed by atoms with Crippen molar-refractivity contribution in [2.24, 2.45) is 11.5 Å². The molecule has 0 aliphatic rings. The quantitative estimate of drug-likeness (QED) is 0.509. The second kappa shape index (κ2) is 6.56. The third-order valence-corrected chi connectivity index (χ3v) is 3.29. The fraction of sp³-hybridized carbons (Fsp3) is 0.125. The largest absolute Gasteiger partial charge is 0.370 e. The Labute approximate surface area is 124 Å². The predicted octanol–water partition coefficient (Wildman–Crippen LogP) is 2.06. The number of nitrogens with zero attached hydrogens (tertiary/aromatic N) is 1. The van der Waals surface area contributed by atoms with Gasteiger partial charge in [0.05, 0.1) is 6.04 Å². The molecule has 0 spiro atoms. The molecule has 0 heterocycles. The fourth-order valence-electron chi connectivity index (χ4n) is 2.34. The van der Waals surface area contributed by atoms with Crippen LogP contribution in [0.15, 0.2) is 60.7 Å². The average molecular weight is 281 g/mol. The van der Waals surface area contributed by atoms with Crippen LogP contribution in [0.2, 0.25) is 0 Å². The SMILES string of the molecule is N=C(N)N(C(=N)N)C(Cc1ccccc1)c1ccccc1. The topological polar surface area (TPSA) is 103 Å². The van der Waals surface area contributed by atoms with E-state index in [1.54, 1.807) is 0 Å². The fourth-order valence-corrected chi connectivity index (χ4v) is 2.34. The van der Waals surface area contributed by atoms with Gasteiger partial charge in [0.15, 0.2) is 11.9 Å². The molecule has 1 unspecified atom stereocenters. The number of nitrogens with one attached hydrogen (secondary N) is 2. The van der Waals surface area contributed by atoms with Gasteiger partial charge >= 0.3 is 0 Å². The third kappa shape index (κ3) is 3.60. The summed E-state index contributed by atoms with van der Waals surface area (Å²) in [5, 5.41) is 15.4. The molecule has 0 aliphatic heterocycles. The maximum Gasteiger partial charge on any atom is 0.195 e. The summed E-state index contributed by atoms with van der Waals surface area (Å²) in [4.78, 5) is 1.34. The summed E-state index contributed by atoms with van der Waals surface area (Å²) in [7, 11) is 0. The molecule has 2 rings (SSSR count). The summed E-state index contributed by atoms with van der Waals surface area (Å²) in [5.74, 6) is -0.459. The Kier molecular flexibility index (Phi) is 4.56. The van der Waals surface area contributed by atoms with Crippen LogP contribution in [0.25, 0.3) is 0 Å². The lowest BCUT2D eigenvalue weighted by Crippen LogP contribution is -2.47. The second-order valence-electron chi connectivity index (χ2n) is 4.76. The summed E-state index contributed by atoms with van der Waals surface area (Å²) in [6, 6.07) is 19.3. The molecule has 5 heteroatoms. The van der Waals surface area contributed by atoms with Crippen LogP contribution in [-0.4, -0.2) is 16.8 Å². The first-order valence-electron chi connectivity index (χ1n) is 6.65. The molecule has 2 aromatic rings. The van der Waals surface area contributed by atoms with Crippen molar-refractivity contribution in [1.82, 2.24) is 4.90 Å². The van der Waals surface area contributed by atoms with Crippen molar-refractivity contribution in [3.63, 3.8) is 0 Å². The zero-order valence-corrected chi connectivity index (χ0v) is 11.7. The Morgan fingerprint density at radius 3 is 1.81 bits per heavy atom. The Morgan fingerprint density at radius 2 is 1.33 bits per heavy atom. The van der Waals surface area contributed by atoms with E-state index in [9.17, 15) is 0 Å². The predicted molar refractivity (Wildman–Crippen MR) is 85.0 cm³/mol. The summed E-state index contributed by atoms with van der Waals surface area (Å²) in [6.07, 6.45) is 0.615. The first kappa shape index (κ1) is 14.6. The molecule has 108 valence electrons. The van der Waals surface area contributed by atoms with Gasteiger partial charge < -0.3 is 11.5 Å². The molecular weight excluding hydrogens is 262 g/mol. The molecule has 0 amide bonds. The van der Waals surface area contributed by atoms with Crippen molar-refractivity contribution >= 4 is 11.9 Å². The maximum atomic E-state index is 7.71. The zero-order chi connectivity index (χ0) is 15.2. The lowest BCUT2D eigenvalue weighted by atomic mass is 9.97. The summed E-state index contributed by atoms with van der Waals surface area (Å²) >= 11 is 0. The molecule has 6 N–H and O–H groups in total. The third-order valence-electron chi connectivity index (χ3n) is 3.29. The highest BCUT2D eigenvalue weighted by Gasteiger charge is 2.24. The minimum atomic E-state index is -0.274. The Bertz CT molecular complexity index is 595. The van der Waals surface area contributed by atoms with Crippen LogP contribution < -0.4 is 11.5 Å². The van der Waals surface area contributed by atoms with Crippen LogP contribution in [0.3, 0.4) is 0 Å². The molecule has 0 saturated heterocycles. The van der Waals surface area contributed by atoms with Crippen molar-refractivity contribution in [2.45, 2.75) is 12.5 Å². The second-order valence-corrected chi connectivity index (χ2v) is 4.76. The van der Waals surface area contributed by atoms with Crippen LogP contribution >= 0.6 is 0 Å². The van der Waals surface area contributed by atoms with Gasteiger partial charge in [-0.1, -0.05) is 60.7 Å². The van der Waals surface area contributed by atoms with Gasteiger partial charge in [-0.15, -0.1) is 0 Å². The summed E-state index contributed by atoms with van der Waals surface area (Å²) in [6.45, 7) is 0.